The molecule has 0 aliphatic carbocycles. The molecular formula is C12H10Cl3NO2. The van der Waals surface area contributed by atoms with Crippen LogP contribution < -0.4 is 5.32 Å². The zero-order valence-corrected chi connectivity index (χ0v) is 11.5. The standard InChI is InChI=1S/C12H10Cl3NO2/c13-12(14,15)9-18-11(17)16-8-4-7-10-5-2-1-3-6-10/h1-3,5-6H,8-9H2,(H,16,17). The lowest BCUT2D eigenvalue weighted by atomic mass is 10.2. The Balaban J connectivity index is 2.26. The van der Waals surface area contributed by atoms with Crippen molar-refractivity contribution in [2.75, 3.05) is 13.2 Å². The number of benzene rings is 1. The van der Waals surface area contributed by atoms with Crippen LogP contribution in [-0.2, 0) is 4.74 Å². The molecule has 3 nitrogen and oxygen atoms in total. The van der Waals surface area contributed by atoms with Crippen LogP contribution in [0.4, 0.5) is 4.79 Å². The highest BCUT2D eigenvalue weighted by molar-refractivity contribution is 6.67. The molecule has 0 radical (unpaired) electrons. The minimum atomic E-state index is -1.60. The van der Waals surface area contributed by atoms with E-state index in [2.05, 4.69) is 21.9 Å². The van der Waals surface area contributed by atoms with Gasteiger partial charge in [-0.15, -0.1) is 0 Å². The van der Waals surface area contributed by atoms with Gasteiger partial charge in [0.25, 0.3) is 0 Å². The Bertz CT molecular complexity index is 446. The van der Waals surface area contributed by atoms with Crippen LogP contribution in [0.1, 0.15) is 5.56 Å². The first kappa shape index (κ1) is 15.0. The largest absolute Gasteiger partial charge is 0.445 e. The van der Waals surface area contributed by atoms with Gasteiger partial charge in [0.2, 0.25) is 3.79 Å². The van der Waals surface area contributed by atoms with Crippen LogP contribution >= 0.6 is 34.8 Å². The number of ether oxygens (including phenoxy) is 1. The van der Waals surface area contributed by atoms with Crippen LogP contribution in [0.5, 0.6) is 0 Å². The van der Waals surface area contributed by atoms with Gasteiger partial charge in [-0.1, -0.05) is 64.8 Å². The van der Waals surface area contributed by atoms with Crippen LogP contribution in [0.15, 0.2) is 30.3 Å². The van der Waals surface area contributed by atoms with Crippen LogP contribution in [0.25, 0.3) is 0 Å². The highest BCUT2D eigenvalue weighted by atomic mass is 35.6. The lowest BCUT2D eigenvalue weighted by Gasteiger charge is -2.10. The molecular weight excluding hydrogens is 296 g/mol. The van der Waals surface area contributed by atoms with E-state index in [1.807, 2.05) is 30.3 Å². The molecule has 0 atom stereocenters. The maximum absolute atomic E-state index is 11.1. The van der Waals surface area contributed by atoms with E-state index in [-0.39, 0.29) is 13.2 Å². The SMILES string of the molecule is O=C(NCC#Cc1ccccc1)OCC(Cl)(Cl)Cl. The number of alkyl halides is 3. The number of carbonyl (C=O) groups is 1. The lowest BCUT2D eigenvalue weighted by Crippen LogP contribution is -2.28. The molecule has 0 fully saturated rings. The quantitative estimate of drug-likeness (QED) is 0.673. The maximum atomic E-state index is 11.1. The number of hydrogen-bond donors (Lipinski definition) is 1. The molecule has 0 heterocycles. The number of halogens is 3. The molecule has 0 spiro atoms. The zero-order chi connectivity index (χ0) is 13.4. The van der Waals surface area contributed by atoms with E-state index in [0.29, 0.717) is 0 Å². The van der Waals surface area contributed by atoms with E-state index in [4.69, 9.17) is 34.8 Å². The molecule has 0 aliphatic heterocycles. The summed E-state index contributed by atoms with van der Waals surface area (Å²) < 4.78 is 3.04. The van der Waals surface area contributed by atoms with Gasteiger partial charge in [-0.25, -0.2) is 4.79 Å². The summed E-state index contributed by atoms with van der Waals surface area (Å²) in [6, 6.07) is 9.40. The normalized spacial score (nSPS) is 10.2. The van der Waals surface area contributed by atoms with E-state index in [1.54, 1.807) is 0 Å². The van der Waals surface area contributed by atoms with Crippen LogP contribution in [0, 0.1) is 11.8 Å². The summed E-state index contributed by atoms with van der Waals surface area (Å²) in [7, 11) is 0. The second-order valence-electron chi connectivity index (χ2n) is 3.21. The van der Waals surface area contributed by atoms with Crippen molar-refractivity contribution < 1.29 is 9.53 Å². The molecule has 96 valence electrons. The van der Waals surface area contributed by atoms with Gasteiger partial charge in [0, 0.05) is 5.56 Å². The summed E-state index contributed by atoms with van der Waals surface area (Å²) in [5, 5.41) is 2.41. The zero-order valence-electron chi connectivity index (χ0n) is 9.25. The second kappa shape index (κ2) is 7.38. The Labute approximate surface area is 120 Å². The van der Waals surface area contributed by atoms with Gasteiger partial charge in [-0.2, -0.15) is 0 Å². The third kappa shape index (κ3) is 7.29. The predicted molar refractivity (Wildman–Crippen MR) is 73.0 cm³/mol. The Morgan fingerprint density at radius 2 is 1.94 bits per heavy atom. The van der Waals surface area contributed by atoms with Crippen molar-refractivity contribution in [2.24, 2.45) is 0 Å². The molecule has 0 saturated carbocycles. The third-order valence-corrected chi connectivity index (χ3v) is 2.02. The summed E-state index contributed by atoms with van der Waals surface area (Å²) in [5.74, 6) is 5.64. The van der Waals surface area contributed by atoms with Gasteiger partial charge in [0.05, 0.1) is 6.54 Å². The van der Waals surface area contributed by atoms with E-state index < -0.39 is 9.89 Å². The summed E-state index contributed by atoms with van der Waals surface area (Å²) in [4.78, 5) is 11.1. The van der Waals surface area contributed by atoms with Gasteiger partial charge in [0.15, 0.2) is 0 Å². The van der Waals surface area contributed by atoms with E-state index in [9.17, 15) is 4.79 Å². The van der Waals surface area contributed by atoms with Crippen LogP contribution in [0.3, 0.4) is 0 Å². The van der Waals surface area contributed by atoms with E-state index >= 15 is 0 Å². The van der Waals surface area contributed by atoms with E-state index in [1.165, 1.54) is 0 Å². The minimum Gasteiger partial charge on any atom is -0.445 e. The predicted octanol–water partition coefficient (Wildman–Crippen LogP) is 3.13. The molecule has 6 heteroatoms. The molecule has 0 bridgehead atoms. The van der Waals surface area contributed by atoms with Crippen LogP contribution in [-0.4, -0.2) is 23.0 Å². The fourth-order valence-corrected chi connectivity index (χ4v) is 1.15. The average Bonchev–Trinajstić information content (AvgIpc) is 2.33. The molecule has 0 unspecified atom stereocenters. The Hall–Kier alpha value is -1.08. The monoisotopic (exact) mass is 305 g/mol. The lowest BCUT2D eigenvalue weighted by molar-refractivity contribution is 0.149. The van der Waals surface area contributed by atoms with Crippen LogP contribution in [0.2, 0.25) is 0 Å². The number of hydrogen-bond acceptors (Lipinski definition) is 2. The summed E-state index contributed by atoms with van der Waals surface area (Å²) in [6.07, 6.45) is -0.677. The fourth-order valence-electron chi connectivity index (χ4n) is 0.983. The summed E-state index contributed by atoms with van der Waals surface area (Å²) in [6.45, 7) is -0.150. The fraction of sp³-hybridized carbons (Fsp3) is 0.250. The Morgan fingerprint density at radius 1 is 1.28 bits per heavy atom. The molecule has 1 N–H and O–H groups in total. The van der Waals surface area contributed by atoms with Crippen molar-refractivity contribution in [3.63, 3.8) is 0 Å². The van der Waals surface area contributed by atoms with Crippen molar-refractivity contribution in [3.05, 3.63) is 35.9 Å². The smallest absolute Gasteiger partial charge is 0.408 e. The molecule has 1 amide bonds. The molecule has 0 saturated heterocycles. The molecule has 18 heavy (non-hydrogen) atoms. The van der Waals surface area contributed by atoms with Gasteiger partial charge in [-0.05, 0) is 12.1 Å². The van der Waals surface area contributed by atoms with Crippen molar-refractivity contribution in [1.29, 1.82) is 0 Å². The van der Waals surface area contributed by atoms with Gasteiger partial charge in [0.1, 0.15) is 6.61 Å². The number of amides is 1. The molecule has 1 aromatic rings. The molecule has 1 rings (SSSR count). The molecule has 0 aromatic heterocycles. The van der Waals surface area contributed by atoms with Crippen molar-refractivity contribution >= 4 is 40.9 Å². The number of rotatable bonds is 2. The Kier molecular flexibility index (Phi) is 6.14. The number of alkyl carbamates (subject to hydrolysis) is 1. The van der Waals surface area contributed by atoms with Gasteiger partial charge >= 0.3 is 6.09 Å². The Morgan fingerprint density at radius 3 is 2.56 bits per heavy atom. The molecule has 1 aromatic carbocycles. The van der Waals surface area contributed by atoms with Gasteiger partial charge in [-0.3, -0.25) is 0 Å². The number of nitrogens with one attached hydrogen (secondary N) is 1. The molecule has 0 aliphatic rings. The van der Waals surface area contributed by atoms with E-state index in [0.717, 1.165) is 5.56 Å². The second-order valence-corrected chi connectivity index (χ2v) is 5.73. The first-order chi connectivity index (χ1) is 8.47. The summed E-state index contributed by atoms with van der Waals surface area (Å²) in [5.41, 5.74) is 0.869. The highest BCUT2D eigenvalue weighted by Gasteiger charge is 2.21. The number of carbonyl (C=O) groups excluding carboxylic acids is 1. The first-order valence-corrected chi connectivity index (χ1v) is 6.12. The van der Waals surface area contributed by atoms with Gasteiger partial charge < -0.3 is 10.1 Å². The highest BCUT2D eigenvalue weighted by Crippen LogP contribution is 2.25. The maximum Gasteiger partial charge on any atom is 0.408 e. The van der Waals surface area contributed by atoms with Crippen molar-refractivity contribution in [2.45, 2.75) is 3.79 Å². The minimum absolute atomic E-state index is 0.160. The third-order valence-electron chi connectivity index (χ3n) is 1.69. The van der Waals surface area contributed by atoms with Crippen molar-refractivity contribution in [1.82, 2.24) is 5.32 Å². The van der Waals surface area contributed by atoms with Crippen molar-refractivity contribution in [3.8, 4) is 11.8 Å². The summed E-state index contributed by atoms with van der Waals surface area (Å²) >= 11 is 16.2. The first-order valence-electron chi connectivity index (χ1n) is 4.99. The topological polar surface area (TPSA) is 38.3 Å². The average molecular weight is 307 g/mol.